The van der Waals surface area contributed by atoms with Crippen molar-refractivity contribution in [1.82, 2.24) is 20.2 Å². The zero-order chi connectivity index (χ0) is 22.4. The van der Waals surface area contributed by atoms with Crippen LogP contribution in [0.4, 0.5) is 4.39 Å². The van der Waals surface area contributed by atoms with Gasteiger partial charge in [-0.2, -0.15) is 5.10 Å². The van der Waals surface area contributed by atoms with E-state index >= 15 is 0 Å². The molecular weight excluding hydrogens is 413 g/mol. The molecule has 0 saturated heterocycles. The highest BCUT2D eigenvalue weighted by Crippen LogP contribution is 2.27. The molecule has 31 heavy (non-hydrogen) atoms. The van der Waals surface area contributed by atoms with Gasteiger partial charge in [-0.15, -0.1) is 10.2 Å². The number of benzene rings is 2. The Morgan fingerprint density at radius 1 is 1.19 bits per heavy atom. The van der Waals surface area contributed by atoms with Gasteiger partial charge in [0.25, 0.3) is 5.91 Å². The Labute approximate surface area is 186 Å². The van der Waals surface area contributed by atoms with E-state index in [0.717, 1.165) is 11.4 Å². The van der Waals surface area contributed by atoms with E-state index < -0.39 is 0 Å². The van der Waals surface area contributed by atoms with Crippen molar-refractivity contribution in [3.63, 3.8) is 0 Å². The minimum atomic E-state index is -0.353. The van der Waals surface area contributed by atoms with Gasteiger partial charge in [-0.25, -0.2) is 9.82 Å². The molecule has 8 heteroatoms. The van der Waals surface area contributed by atoms with Crippen LogP contribution in [0.2, 0.25) is 0 Å². The van der Waals surface area contributed by atoms with E-state index in [2.05, 4.69) is 65.8 Å². The highest BCUT2D eigenvalue weighted by molar-refractivity contribution is 7.99. The van der Waals surface area contributed by atoms with Crippen molar-refractivity contribution in [3.8, 4) is 11.4 Å². The molecule has 0 spiro atoms. The molecule has 3 aromatic rings. The van der Waals surface area contributed by atoms with Crippen LogP contribution in [-0.2, 0) is 16.8 Å². The number of thioether (sulfide) groups is 1. The third-order valence-corrected chi connectivity index (χ3v) is 5.59. The summed E-state index contributed by atoms with van der Waals surface area (Å²) in [6, 6.07) is 14.3. The van der Waals surface area contributed by atoms with Gasteiger partial charge in [-0.3, -0.25) is 4.79 Å². The average molecular weight is 440 g/mol. The molecule has 1 amide bonds. The molecule has 0 fully saturated rings. The zero-order valence-corrected chi connectivity index (χ0v) is 18.9. The zero-order valence-electron chi connectivity index (χ0n) is 18.1. The minimum absolute atomic E-state index is 0.0858. The molecule has 3 rings (SSSR count). The number of carbonyl (C=O) groups is 1. The van der Waals surface area contributed by atoms with Crippen molar-refractivity contribution < 1.29 is 9.18 Å². The van der Waals surface area contributed by atoms with Crippen LogP contribution in [0.15, 0.2) is 58.8 Å². The first-order valence-electron chi connectivity index (χ1n) is 10.0. The number of halogens is 1. The summed E-state index contributed by atoms with van der Waals surface area (Å²) in [7, 11) is 0. The number of aromatic nitrogens is 3. The van der Waals surface area contributed by atoms with Gasteiger partial charge in [-0.1, -0.05) is 68.9 Å². The number of hydrazone groups is 1. The molecule has 0 atom stereocenters. The molecule has 0 aliphatic heterocycles. The highest BCUT2D eigenvalue weighted by atomic mass is 32.2. The molecule has 0 unspecified atom stereocenters. The second-order valence-electron chi connectivity index (χ2n) is 8.01. The second-order valence-corrected chi connectivity index (χ2v) is 8.96. The first kappa shape index (κ1) is 22.7. The van der Waals surface area contributed by atoms with Crippen molar-refractivity contribution in [3.05, 3.63) is 65.5 Å². The smallest absolute Gasteiger partial charge is 0.250 e. The lowest BCUT2D eigenvalue weighted by Crippen LogP contribution is -2.20. The molecular formula is C23H26FN5OS. The Morgan fingerprint density at radius 3 is 2.58 bits per heavy atom. The maximum absolute atomic E-state index is 13.2. The van der Waals surface area contributed by atoms with Gasteiger partial charge in [0.05, 0.1) is 12.0 Å². The third kappa shape index (κ3) is 6.01. The number of hydrogen-bond donors (Lipinski definition) is 1. The van der Waals surface area contributed by atoms with E-state index in [9.17, 15) is 9.18 Å². The van der Waals surface area contributed by atoms with Crippen molar-refractivity contribution in [2.24, 2.45) is 5.10 Å². The van der Waals surface area contributed by atoms with Crippen LogP contribution in [-0.4, -0.2) is 32.6 Å². The highest BCUT2D eigenvalue weighted by Gasteiger charge is 2.17. The van der Waals surface area contributed by atoms with Crippen molar-refractivity contribution in [2.75, 3.05) is 5.75 Å². The summed E-state index contributed by atoms with van der Waals surface area (Å²) in [4.78, 5) is 12.1. The summed E-state index contributed by atoms with van der Waals surface area (Å²) in [5, 5.41) is 13.1. The predicted molar refractivity (Wildman–Crippen MR) is 123 cm³/mol. The second kappa shape index (κ2) is 9.87. The van der Waals surface area contributed by atoms with Gasteiger partial charge < -0.3 is 4.57 Å². The van der Waals surface area contributed by atoms with Gasteiger partial charge in [-0.05, 0) is 35.6 Å². The van der Waals surface area contributed by atoms with Crippen molar-refractivity contribution >= 4 is 23.9 Å². The quantitative estimate of drug-likeness (QED) is 0.331. The molecule has 6 nitrogen and oxygen atoms in total. The van der Waals surface area contributed by atoms with Gasteiger partial charge in [0, 0.05) is 12.1 Å². The lowest BCUT2D eigenvalue weighted by Gasteiger charge is -2.19. The number of nitrogens with one attached hydrogen (secondary N) is 1. The minimum Gasteiger partial charge on any atom is -0.302 e. The van der Waals surface area contributed by atoms with E-state index in [1.54, 1.807) is 12.1 Å². The first-order chi connectivity index (χ1) is 14.8. The van der Waals surface area contributed by atoms with E-state index in [4.69, 9.17) is 0 Å². The van der Waals surface area contributed by atoms with E-state index in [-0.39, 0.29) is 22.9 Å². The fourth-order valence-corrected chi connectivity index (χ4v) is 3.74. The van der Waals surface area contributed by atoms with Gasteiger partial charge in [0.2, 0.25) is 0 Å². The van der Waals surface area contributed by atoms with E-state index in [1.807, 2.05) is 11.5 Å². The molecule has 0 bridgehead atoms. The molecule has 0 aliphatic rings. The third-order valence-electron chi connectivity index (χ3n) is 4.63. The Kier molecular flexibility index (Phi) is 7.22. The fourth-order valence-electron chi connectivity index (χ4n) is 2.94. The van der Waals surface area contributed by atoms with Crippen LogP contribution < -0.4 is 5.43 Å². The SMILES string of the molecule is CCn1c(SCC(=O)NN=Cc2cccc(F)c2)nnc1-c1ccc(C(C)(C)C)cc1. The summed E-state index contributed by atoms with van der Waals surface area (Å²) in [5.41, 5.74) is 5.34. The maximum Gasteiger partial charge on any atom is 0.250 e. The average Bonchev–Trinajstić information content (AvgIpc) is 3.15. The maximum atomic E-state index is 13.2. The fraction of sp³-hybridized carbons (Fsp3) is 0.304. The summed E-state index contributed by atoms with van der Waals surface area (Å²) in [6.07, 6.45) is 1.40. The van der Waals surface area contributed by atoms with Crippen LogP contribution in [0, 0.1) is 5.82 Å². The monoisotopic (exact) mass is 439 g/mol. The Morgan fingerprint density at radius 2 is 1.94 bits per heavy atom. The van der Waals surface area contributed by atoms with E-state index in [0.29, 0.717) is 17.3 Å². The normalized spacial score (nSPS) is 11.8. The number of hydrogen-bond acceptors (Lipinski definition) is 5. The molecule has 0 aliphatic carbocycles. The summed E-state index contributed by atoms with van der Waals surface area (Å²) in [6.45, 7) is 9.24. The van der Waals surface area contributed by atoms with Crippen molar-refractivity contribution in [2.45, 2.75) is 44.8 Å². The van der Waals surface area contributed by atoms with Crippen LogP contribution in [0.5, 0.6) is 0 Å². The molecule has 1 heterocycles. The molecule has 2 aromatic carbocycles. The van der Waals surface area contributed by atoms with Crippen LogP contribution in [0.3, 0.4) is 0 Å². The summed E-state index contributed by atoms with van der Waals surface area (Å²) < 4.78 is 15.1. The van der Waals surface area contributed by atoms with Crippen molar-refractivity contribution in [1.29, 1.82) is 0 Å². The van der Waals surface area contributed by atoms with Crippen LogP contribution in [0.1, 0.15) is 38.8 Å². The van der Waals surface area contributed by atoms with Gasteiger partial charge >= 0.3 is 0 Å². The number of rotatable bonds is 7. The predicted octanol–water partition coefficient (Wildman–Crippen LogP) is 4.64. The largest absolute Gasteiger partial charge is 0.302 e. The molecule has 0 saturated carbocycles. The molecule has 0 radical (unpaired) electrons. The Bertz CT molecular complexity index is 1070. The summed E-state index contributed by atoms with van der Waals surface area (Å²) >= 11 is 1.29. The topological polar surface area (TPSA) is 72.2 Å². The lowest BCUT2D eigenvalue weighted by atomic mass is 9.87. The lowest BCUT2D eigenvalue weighted by molar-refractivity contribution is -0.118. The number of carbonyl (C=O) groups excluding carboxylic acids is 1. The summed E-state index contributed by atoms with van der Waals surface area (Å²) in [5.74, 6) is 0.282. The molecule has 1 N–H and O–H groups in total. The Hall–Kier alpha value is -3.00. The van der Waals surface area contributed by atoms with E-state index in [1.165, 1.54) is 35.7 Å². The van der Waals surface area contributed by atoms with Crippen LogP contribution in [0.25, 0.3) is 11.4 Å². The number of amides is 1. The first-order valence-corrected chi connectivity index (χ1v) is 11.0. The van der Waals surface area contributed by atoms with Crippen LogP contribution >= 0.6 is 11.8 Å². The molecule has 162 valence electrons. The number of nitrogens with zero attached hydrogens (tertiary/aromatic N) is 4. The van der Waals surface area contributed by atoms with Gasteiger partial charge in [0.15, 0.2) is 11.0 Å². The Balaban J connectivity index is 1.62. The molecule has 1 aromatic heterocycles. The standard InChI is InChI=1S/C23H26FN5OS/c1-5-29-21(17-9-11-18(12-10-17)23(2,3)4)27-28-22(29)31-15-20(30)26-25-14-16-7-6-8-19(24)13-16/h6-14H,5,15H2,1-4H3,(H,26,30). The van der Waals surface area contributed by atoms with Gasteiger partial charge in [0.1, 0.15) is 5.82 Å².